The molecule has 1 aromatic carbocycles. The summed E-state index contributed by atoms with van der Waals surface area (Å²) in [6, 6.07) is 8.86. The van der Waals surface area contributed by atoms with Gasteiger partial charge in [0.25, 0.3) is 0 Å². The number of oxazole rings is 1. The standard InChI is InChI=1S/C20H21Cl2N3O3/c1-25(2)16(17-4-3-9-27-17)11-23-19(26)7-8-20-24-12-18(28-20)14-6-5-13(21)10-15(14)22/h3-6,9-10,12,16H,7-8,11H2,1-2H3,(H,23,26)/t16-/m0/s1. The molecular formula is C20H21Cl2N3O3. The van der Waals surface area contributed by atoms with Gasteiger partial charge in [0, 0.05) is 30.0 Å². The van der Waals surface area contributed by atoms with Crippen molar-refractivity contribution in [3.63, 3.8) is 0 Å². The molecule has 28 heavy (non-hydrogen) atoms. The van der Waals surface area contributed by atoms with Gasteiger partial charge >= 0.3 is 0 Å². The number of aryl methyl sites for hydroxylation is 1. The Morgan fingerprint density at radius 3 is 2.79 bits per heavy atom. The number of amides is 1. The normalized spacial score (nSPS) is 12.3. The predicted octanol–water partition coefficient (Wildman–Crippen LogP) is 4.59. The molecule has 0 saturated carbocycles. The van der Waals surface area contributed by atoms with E-state index >= 15 is 0 Å². The van der Waals surface area contributed by atoms with Crippen molar-refractivity contribution < 1.29 is 13.6 Å². The Balaban J connectivity index is 1.53. The van der Waals surface area contributed by atoms with E-state index in [1.807, 2.05) is 31.1 Å². The average Bonchev–Trinajstić information content (AvgIpc) is 3.32. The second-order valence-corrected chi connectivity index (χ2v) is 7.38. The first-order valence-electron chi connectivity index (χ1n) is 8.80. The highest BCUT2D eigenvalue weighted by Crippen LogP contribution is 2.30. The van der Waals surface area contributed by atoms with Crippen LogP contribution in [0.3, 0.4) is 0 Å². The summed E-state index contributed by atoms with van der Waals surface area (Å²) in [7, 11) is 3.88. The zero-order valence-electron chi connectivity index (χ0n) is 15.6. The first kappa shape index (κ1) is 20.5. The number of furan rings is 1. The molecule has 148 valence electrons. The Kier molecular flexibility index (Phi) is 6.78. The lowest BCUT2D eigenvalue weighted by Crippen LogP contribution is -2.34. The van der Waals surface area contributed by atoms with Gasteiger partial charge in [-0.15, -0.1) is 0 Å². The van der Waals surface area contributed by atoms with Crippen molar-refractivity contribution in [2.24, 2.45) is 0 Å². The lowest BCUT2D eigenvalue weighted by Gasteiger charge is -2.22. The summed E-state index contributed by atoms with van der Waals surface area (Å²) >= 11 is 12.1. The second-order valence-electron chi connectivity index (χ2n) is 6.54. The number of rotatable bonds is 8. The van der Waals surface area contributed by atoms with E-state index in [2.05, 4.69) is 10.3 Å². The van der Waals surface area contributed by atoms with E-state index < -0.39 is 0 Å². The Morgan fingerprint density at radius 2 is 2.11 bits per heavy atom. The lowest BCUT2D eigenvalue weighted by molar-refractivity contribution is -0.121. The van der Waals surface area contributed by atoms with Crippen LogP contribution in [0.2, 0.25) is 10.0 Å². The van der Waals surface area contributed by atoms with E-state index in [-0.39, 0.29) is 18.4 Å². The molecule has 2 heterocycles. The van der Waals surface area contributed by atoms with Gasteiger partial charge in [0.2, 0.25) is 5.91 Å². The van der Waals surface area contributed by atoms with Gasteiger partial charge in [0.15, 0.2) is 11.7 Å². The molecule has 1 N–H and O–H groups in total. The minimum absolute atomic E-state index is 0.0284. The number of hydrogen-bond acceptors (Lipinski definition) is 5. The molecule has 0 aliphatic rings. The molecule has 8 heteroatoms. The van der Waals surface area contributed by atoms with E-state index in [0.717, 1.165) is 5.76 Å². The van der Waals surface area contributed by atoms with Gasteiger partial charge in [-0.25, -0.2) is 4.98 Å². The molecule has 6 nitrogen and oxygen atoms in total. The zero-order chi connectivity index (χ0) is 20.1. The summed E-state index contributed by atoms with van der Waals surface area (Å²) in [5.74, 6) is 1.75. The largest absolute Gasteiger partial charge is 0.468 e. The second kappa shape index (κ2) is 9.28. The number of carbonyl (C=O) groups is 1. The highest BCUT2D eigenvalue weighted by atomic mass is 35.5. The number of carbonyl (C=O) groups excluding carboxylic acids is 1. The summed E-state index contributed by atoms with van der Waals surface area (Å²) in [5, 5.41) is 3.97. The minimum atomic E-state index is -0.0809. The number of aromatic nitrogens is 1. The third-order valence-corrected chi connectivity index (χ3v) is 4.85. The maximum Gasteiger partial charge on any atom is 0.220 e. The van der Waals surface area contributed by atoms with Crippen molar-refractivity contribution in [3.05, 3.63) is 64.5 Å². The molecule has 1 amide bonds. The molecule has 0 aliphatic heterocycles. The van der Waals surface area contributed by atoms with Gasteiger partial charge in [0.05, 0.1) is 23.5 Å². The van der Waals surface area contributed by atoms with Crippen molar-refractivity contribution in [2.45, 2.75) is 18.9 Å². The Labute approximate surface area is 173 Å². The molecule has 0 radical (unpaired) electrons. The first-order chi connectivity index (χ1) is 13.4. The van der Waals surface area contributed by atoms with Gasteiger partial charge in [0.1, 0.15) is 5.76 Å². The van der Waals surface area contributed by atoms with Gasteiger partial charge in [-0.3, -0.25) is 9.69 Å². The maximum atomic E-state index is 12.2. The molecule has 0 fully saturated rings. The summed E-state index contributed by atoms with van der Waals surface area (Å²) in [5.41, 5.74) is 0.710. The highest BCUT2D eigenvalue weighted by Gasteiger charge is 2.18. The Bertz CT molecular complexity index is 923. The van der Waals surface area contributed by atoms with Crippen molar-refractivity contribution in [1.82, 2.24) is 15.2 Å². The summed E-state index contributed by atoms with van der Waals surface area (Å²) in [6.07, 6.45) is 3.89. The third-order valence-electron chi connectivity index (χ3n) is 4.30. The minimum Gasteiger partial charge on any atom is -0.468 e. The predicted molar refractivity (Wildman–Crippen MR) is 108 cm³/mol. The number of nitrogens with zero attached hydrogens (tertiary/aromatic N) is 2. The fraction of sp³-hybridized carbons (Fsp3) is 0.300. The van der Waals surface area contributed by atoms with E-state index in [1.165, 1.54) is 0 Å². The molecule has 2 aromatic heterocycles. The van der Waals surface area contributed by atoms with E-state index in [1.54, 1.807) is 30.7 Å². The van der Waals surface area contributed by atoms with Crippen LogP contribution in [0.15, 0.2) is 51.6 Å². The van der Waals surface area contributed by atoms with Crippen molar-refractivity contribution >= 4 is 29.1 Å². The lowest BCUT2D eigenvalue weighted by atomic mass is 10.2. The molecule has 0 aliphatic carbocycles. The third kappa shape index (κ3) is 5.16. The van der Waals surface area contributed by atoms with Crippen LogP contribution in [-0.2, 0) is 11.2 Å². The van der Waals surface area contributed by atoms with Gasteiger partial charge in [-0.1, -0.05) is 23.2 Å². The Morgan fingerprint density at radius 1 is 1.29 bits per heavy atom. The van der Waals surface area contributed by atoms with E-state index in [0.29, 0.717) is 40.2 Å². The molecule has 0 unspecified atom stereocenters. The summed E-state index contributed by atoms with van der Waals surface area (Å²) < 4.78 is 11.2. The summed E-state index contributed by atoms with van der Waals surface area (Å²) in [6.45, 7) is 0.455. The molecule has 0 saturated heterocycles. The fourth-order valence-electron chi connectivity index (χ4n) is 2.78. The van der Waals surface area contributed by atoms with E-state index in [4.69, 9.17) is 32.0 Å². The van der Waals surface area contributed by atoms with Crippen LogP contribution in [0, 0.1) is 0 Å². The van der Waals surface area contributed by atoms with Crippen LogP contribution >= 0.6 is 23.2 Å². The fourth-order valence-corrected chi connectivity index (χ4v) is 3.28. The number of halogens is 2. The van der Waals surface area contributed by atoms with Crippen molar-refractivity contribution in [2.75, 3.05) is 20.6 Å². The highest BCUT2D eigenvalue weighted by molar-refractivity contribution is 6.36. The Hall–Kier alpha value is -2.28. The van der Waals surface area contributed by atoms with Crippen LogP contribution in [-0.4, -0.2) is 36.4 Å². The topological polar surface area (TPSA) is 71.5 Å². The van der Waals surface area contributed by atoms with Crippen molar-refractivity contribution in [3.8, 4) is 11.3 Å². The first-order valence-corrected chi connectivity index (χ1v) is 9.56. The number of nitrogens with one attached hydrogen (secondary N) is 1. The van der Waals surface area contributed by atoms with E-state index in [9.17, 15) is 4.79 Å². The number of benzene rings is 1. The van der Waals surface area contributed by atoms with Crippen LogP contribution in [0.25, 0.3) is 11.3 Å². The van der Waals surface area contributed by atoms with Crippen molar-refractivity contribution in [1.29, 1.82) is 0 Å². The van der Waals surface area contributed by atoms with Gasteiger partial charge < -0.3 is 14.2 Å². The number of hydrogen-bond donors (Lipinski definition) is 1. The smallest absolute Gasteiger partial charge is 0.220 e. The molecular weight excluding hydrogens is 401 g/mol. The summed E-state index contributed by atoms with van der Waals surface area (Å²) in [4.78, 5) is 18.4. The number of likely N-dealkylation sites (N-methyl/N-ethyl adjacent to an activating group) is 1. The molecule has 1 atom stereocenters. The van der Waals surface area contributed by atoms with Gasteiger partial charge in [-0.2, -0.15) is 0 Å². The monoisotopic (exact) mass is 421 g/mol. The molecule has 3 rings (SSSR count). The van der Waals surface area contributed by atoms with Crippen LogP contribution in [0.1, 0.15) is 24.1 Å². The van der Waals surface area contributed by atoms with Crippen LogP contribution in [0.4, 0.5) is 0 Å². The van der Waals surface area contributed by atoms with Crippen LogP contribution < -0.4 is 5.32 Å². The molecule has 3 aromatic rings. The van der Waals surface area contributed by atoms with Crippen LogP contribution in [0.5, 0.6) is 0 Å². The zero-order valence-corrected chi connectivity index (χ0v) is 17.1. The SMILES string of the molecule is CN(C)[C@@H](CNC(=O)CCc1ncc(-c2ccc(Cl)cc2Cl)o1)c1ccco1. The van der Waals surface area contributed by atoms with Gasteiger partial charge in [-0.05, 0) is 44.4 Å². The molecule has 0 bridgehead atoms. The quantitative estimate of drug-likeness (QED) is 0.575. The average molecular weight is 422 g/mol. The molecule has 0 spiro atoms. The maximum absolute atomic E-state index is 12.2.